The van der Waals surface area contributed by atoms with Gasteiger partial charge in [0.15, 0.2) is 5.78 Å². The Kier molecular flexibility index (Phi) is 4.28. The highest BCUT2D eigenvalue weighted by Gasteiger charge is 2.19. The number of carbonyl (C=O) groups excluding carboxylic acids is 1. The zero-order valence-corrected chi connectivity index (χ0v) is 14.4. The molecule has 3 aromatic rings. The summed E-state index contributed by atoms with van der Waals surface area (Å²) < 4.78 is 1.38. The molecule has 2 aromatic carbocycles. The molecule has 0 aliphatic heterocycles. The third-order valence-electron chi connectivity index (χ3n) is 4.37. The van der Waals surface area contributed by atoms with Crippen molar-refractivity contribution < 1.29 is 9.90 Å². The van der Waals surface area contributed by atoms with Crippen LogP contribution in [0, 0.1) is 13.8 Å². The van der Waals surface area contributed by atoms with Crippen molar-refractivity contribution in [2.24, 2.45) is 7.05 Å². The number of ketones is 1. The second kappa shape index (κ2) is 6.40. The first-order valence-corrected chi connectivity index (χ1v) is 8.00. The fourth-order valence-corrected chi connectivity index (χ4v) is 2.89. The van der Waals surface area contributed by atoms with Crippen molar-refractivity contribution >= 4 is 22.8 Å². The first-order chi connectivity index (χ1) is 11.9. The molecule has 1 aromatic heterocycles. The Morgan fingerprint density at radius 1 is 1.12 bits per heavy atom. The molecule has 126 valence electrons. The topological polar surface area (TPSA) is 59.3 Å². The zero-order chi connectivity index (χ0) is 18.1. The van der Waals surface area contributed by atoms with Crippen LogP contribution in [0.25, 0.3) is 17.0 Å². The zero-order valence-electron chi connectivity index (χ0n) is 14.4. The fraction of sp³-hybridized carbons (Fsp3) is 0.143. The first kappa shape index (κ1) is 16.7. The van der Waals surface area contributed by atoms with E-state index in [0.717, 1.165) is 16.7 Å². The van der Waals surface area contributed by atoms with E-state index in [4.69, 9.17) is 0 Å². The minimum absolute atomic E-state index is 0.206. The van der Waals surface area contributed by atoms with Crippen LogP contribution in [-0.4, -0.2) is 15.5 Å². The van der Waals surface area contributed by atoms with Crippen molar-refractivity contribution in [1.29, 1.82) is 0 Å². The monoisotopic (exact) mass is 333 g/mol. The number of pyridine rings is 1. The van der Waals surface area contributed by atoms with Gasteiger partial charge in [-0.25, -0.2) is 0 Å². The summed E-state index contributed by atoms with van der Waals surface area (Å²) in [5, 5.41) is 10.9. The van der Waals surface area contributed by atoms with E-state index < -0.39 is 11.3 Å². The van der Waals surface area contributed by atoms with Crippen LogP contribution in [0.4, 0.5) is 0 Å². The molecule has 0 spiro atoms. The second-order valence-corrected chi connectivity index (χ2v) is 6.16. The Balaban J connectivity index is 2.10. The Morgan fingerprint density at radius 3 is 2.60 bits per heavy atom. The van der Waals surface area contributed by atoms with E-state index in [1.165, 1.54) is 10.6 Å². The molecule has 0 atom stereocenters. The lowest BCUT2D eigenvalue weighted by atomic mass is 10.0. The van der Waals surface area contributed by atoms with E-state index in [1.54, 1.807) is 37.4 Å². The normalized spacial score (nSPS) is 11.3. The van der Waals surface area contributed by atoms with Gasteiger partial charge in [0, 0.05) is 12.4 Å². The molecule has 25 heavy (non-hydrogen) atoms. The summed E-state index contributed by atoms with van der Waals surface area (Å²) in [4.78, 5) is 25.1. The van der Waals surface area contributed by atoms with E-state index in [9.17, 15) is 14.7 Å². The molecule has 4 heteroatoms. The molecule has 0 unspecified atom stereocenters. The molecule has 0 fully saturated rings. The number of allylic oxidation sites excluding steroid dienone is 1. The van der Waals surface area contributed by atoms with Crippen LogP contribution >= 0.6 is 0 Å². The second-order valence-electron chi connectivity index (χ2n) is 6.16. The average Bonchev–Trinajstić information content (AvgIpc) is 2.60. The Labute approximate surface area is 145 Å². The number of nitrogens with zero attached hydrogens (tertiary/aromatic N) is 1. The van der Waals surface area contributed by atoms with Crippen LogP contribution in [0.2, 0.25) is 0 Å². The number of aryl methyl sites for hydroxylation is 3. The quantitative estimate of drug-likeness (QED) is 0.586. The SMILES string of the molecule is Cc1ccc(C)c(/C=C/C(=O)c2c(O)c3ccccc3n(C)c2=O)c1. The molecule has 1 heterocycles. The highest BCUT2D eigenvalue weighted by molar-refractivity contribution is 6.11. The first-order valence-electron chi connectivity index (χ1n) is 8.00. The van der Waals surface area contributed by atoms with E-state index in [-0.39, 0.29) is 11.3 Å². The molecule has 0 saturated carbocycles. The predicted molar refractivity (Wildman–Crippen MR) is 100 cm³/mol. The molecule has 0 radical (unpaired) electrons. The maximum Gasteiger partial charge on any atom is 0.265 e. The molecule has 0 saturated heterocycles. The third-order valence-corrected chi connectivity index (χ3v) is 4.37. The smallest absolute Gasteiger partial charge is 0.265 e. The lowest BCUT2D eigenvalue weighted by Crippen LogP contribution is -2.24. The van der Waals surface area contributed by atoms with Gasteiger partial charge in [-0.15, -0.1) is 0 Å². The standard InChI is InChI=1S/C21H19NO3/c1-13-8-9-14(2)15(12-13)10-11-18(23)19-20(24)16-6-4-5-7-17(16)22(3)21(19)25/h4-12,24H,1-3H3/b11-10+. The molecule has 1 N–H and O–H groups in total. The molecular weight excluding hydrogens is 314 g/mol. The van der Waals surface area contributed by atoms with Crippen molar-refractivity contribution in [1.82, 2.24) is 4.57 Å². The predicted octanol–water partition coefficient (Wildman–Crippen LogP) is 3.76. The maximum atomic E-state index is 12.6. The number of aromatic hydroxyl groups is 1. The van der Waals surface area contributed by atoms with Gasteiger partial charge in [-0.3, -0.25) is 9.59 Å². The van der Waals surface area contributed by atoms with Gasteiger partial charge < -0.3 is 9.67 Å². The molecule has 3 rings (SSSR count). The van der Waals surface area contributed by atoms with E-state index in [0.29, 0.717) is 10.9 Å². The number of hydrogen-bond donors (Lipinski definition) is 1. The Hall–Kier alpha value is -3.14. The number of rotatable bonds is 3. The van der Waals surface area contributed by atoms with Gasteiger partial charge in [-0.2, -0.15) is 0 Å². The van der Waals surface area contributed by atoms with Crippen LogP contribution in [0.5, 0.6) is 5.75 Å². The highest BCUT2D eigenvalue weighted by Crippen LogP contribution is 2.26. The number of aromatic nitrogens is 1. The van der Waals surface area contributed by atoms with E-state index in [1.807, 2.05) is 32.0 Å². The average molecular weight is 333 g/mol. The summed E-state index contributed by atoms with van der Waals surface area (Å²) in [6, 6.07) is 12.9. The van der Waals surface area contributed by atoms with Gasteiger partial charge in [-0.05, 0) is 43.2 Å². The number of benzene rings is 2. The van der Waals surface area contributed by atoms with Gasteiger partial charge in [0.05, 0.1) is 5.52 Å². The van der Waals surface area contributed by atoms with Crippen LogP contribution in [-0.2, 0) is 7.05 Å². The lowest BCUT2D eigenvalue weighted by Gasteiger charge is -2.10. The van der Waals surface area contributed by atoms with Crippen LogP contribution in [0.15, 0.2) is 53.3 Å². The molecular formula is C21H19NO3. The summed E-state index contributed by atoms with van der Waals surface area (Å²) in [6.45, 7) is 3.93. The van der Waals surface area contributed by atoms with Crippen molar-refractivity contribution in [2.45, 2.75) is 13.8 Å². The van der Waals surface area contributed by atoms with Gasteiger partial charge in [0.25, 0.3) is 5.56 Å². The highest BCUT2D eigenvalue weighted by atomic mass is 16.3. The molecule has 0 aliphatic rings. The Bertz CT molecular complexity index is 1070. The number of hydrogen-bond acceptors (Lipinski definition) is 3. The van der Waals surface area contributed by atoms with E-state index in [2.05, 4.69) is 0 Å². The van der Waals surface area contributed by atoms with Crippen LogP contribution in [0.3, 0.4) is 0 Å². The summed E-state index contributed by atoms with van der Waals surface area (Å²) in [5.74, 6) is -0.779. The van der Waals surface area contributed by atoms with Gasteiger partial charge in [-0.1, -0.05) is 42.0 Å². The van der Waals surface area contributed by atoms with Crippen molar-refractivity contribution in [2.75, 3.05) is 0 Å². The van der Waals surface area contributed by atoms with Gasteiger partial charge in [0.2, 0.25) is 0 Å². The summed E-state index contributed by atoms with van der Waals surface area (Å²) in [5.41, 5.74) is 2.90. The lowest BCUT2D eigenvalue weighted by molar-refractivity contribution is 0.104. The third kappa shape index (κ3) is 2.98. The fourth-order valence-electron chi connectivity index (χ4n) is 2.89. The van der Waals surface area contributed by atoms with E-state index >= 15 is 0 Å². The van der Waals surface area contributed by atoms with Gasteiger partial charge >= 0.3 is 0 Å². The molecule has 0 amide bonds. The number of carbonyl (C=O) groups is 1. The molecule has 0 bridgehead atoms. The van der Waals surface area contributed by atoms with Crippen molar-refractivity contribution in [3.8, 4) is 5.75 Å². The Morgan fingerprint density at radius 2 is 1.84 bits per heavy atom. The minimum Gasteiger partial charge on any atom is -0.506 e. The number of fused-ring (bicyclic) bond motifs is 1. The van der Waals surface area contributed by atoms with Crippen molar-refractivity contribution in [3.63, 3.8) is 0 Å². The van der Waals surface area contributed by atoms with Gasteiger partial charge in [0.1, 0.15) is 11.3 Å². The minimum atomic E-state index is -0.509. The summed E-state index contributed by atoms with van der Waals surface area (Å²) in [6.07, 6.45) is 3.02. The van der Waals surface area contributed by atoms with Crippen LogP contribution in [0.1, 0.15) is 27.0 Å². The van der Waals surface area contributed by atoms with Crippen LogP contribution < -0.4 is 5.56 Å². The summed E-state index contributed by atoms with van der Waals surface area (Å²) in [7, 11) is 1.59. The number of para-hydroxylation sites is 1. The summed E-state index contributed by atoms with van der Waals surface area (Å²) >= 11 is 0. The largest absolute Gasteiger partial charge is 0.506 e. The maximum absolute atomic E-state index is 12.6. The molecule has 4 nitrogen and oxygen atoms in total. The molecule has 0 aliphatic carbocycles. The van der Waals surface area contributed by atoms with Crippen molar-refractivity contribution in [3.05, 3.63) is 81.1 Å².